The Morgan fingerprint density at radius 1 is 0.771 bits per heavy atom. The topological polar surface area (TPSA) is 251 Å². The van der Waals surface area contributed by atoms with E-state index >= 15 is 0 Å². The summed E-state index contributed by atoms with van der Waals surface area (Å²) in [4.78, 5) is 70.9. The highest BCUT2D eigenvalue weighted by Gasteiger charge is 2.30. The monoisotopic (exact) mass is 521 g/mol. The zero-order chi connectivity index (χ0) is 27.0. The number of carbonyl (C=O) groups is 6. The molecule has 35 heavy (non-hydrogen) atoms. The number of carboxylic acids is 3. The Kier molecular flexibility index (Phi) is 16.1. The van der Waals surface area contributed by atoms with Crippen LogP contribution in [0.3, 0.4) is 0 Å². The number of hydrogen-bond acceptors (Lipinski definition) is 9. The van der Waals surface area contributed by atoms with Gasteiger partial charge in [-0.1, -0.05) is 0 Å². The number of thioether (sulfide) groups is 1. The molecule has 0 aromatic carbocycles. The lowest BCUT2D eigenvalue weighted by Gasteiger charge is -2.25. The van der Waals surface area contributed by atoms with E-state index in [1.165, 1.54) is 11.8 Å². The third-order valence-electron chi connectivity index (χ3n) is 4.82. The number of nitrogens with one attached hydrogen (secondary N) is 3. The predicted octanol–water partition coefficient (Wildman–Crippen LogP) is -1.93. The van der Waals surface area contributed by atoms with Crippen LogP contribution in [0, 0.1) is 0 Å². The van der Waals surface area contributed by atoms with E-state index in [-0.39, 0.29) is 25.7 Å². The second kappa shape index (κ2) is 17.5. The van der Waals surface area contributed by atoms with E-state index in [4.69, 9.17) is 21.7 Å². The van der Waals surface area contributed by atoms with Crippen molar-refractivity contribution in [1.82, 2.24) is 16.0 Å². The molecule has 0 aromatic rings. The minimum atomic E-state index is -1.70. The molecule has 0 saturated carbocycles. The molecule has 0 aliphatic carbocycles. The standard InChI is InChI=1S/C20H35N5O9S/c1-35-9-7-13(23-17(30)11(22)5-6-15(26)27)19(32)24-12(4-2-3-8-21)18(31)25-14(20(33)34)10-16(28)29/h11-14H,2-10,21-22H2,1H3,(H,23,30)(H,24,32)(H,25,31)(H,26,27)(H,28,29)(H,33,34). The van der Waals surface area contributed by atoms with Crippen molar-refractivity contribution in [3.05, 3.63) is 0 Å². The largest absolute Gasteiger partial charge is 0.481 e. The summed E-state index contributed by atoms with van der Waals surface area (Å²) in [7, 11) is 0. The molecule has 200 valence electrons. The molecule has 0 aliphatic heterocycles. The first-order valence-corrected chi connectivity index (χ1v) is 12.3. The molecule has 4 unspecified atom stereocenters. The van der Waals surface area contributed by atoms with Crippen LogP contribution in [0.5, 0.6) is 0 Å². The van der Waals surface area contributed by atoms with Crippen LogP contribution in [-0.4, -0.2) is 93.7 Å². The maximum absolute atomic E-state index is 12.9. The van der Waals surface area contributed by atoms with E-state index in [9.17, 15) is 33.9 Å². The third kappa shape index (κ3) is 14.2. The summed E-state index contributed by atoms with van der Waals surface area (Å²) < 4.78 is 0. The van der Waals surface area contributed by atoms with Crippen molar-refractivity contribution in [2.75, 3.05) is 18.6 Å². The van der Waals surface area contributed by atoms with Crippen molar-refractivity contribution < 1.29 is 44.1 Å². The van der Waals surface area contributed by atoms with E-state index in [0.29, 0.717) is 25.1 Å². The van der Waals surface area contributed by atoms with Crippen LogP contribution >= 0.6 is 11.8 Å². The van der Waals surface area contributed by atoms with Gasteiger partial charge in [-0.05, 0) is 50.7 Å². The summed E-state index contributed by atoms with van der Waals surface area (Å²) in [5.41, 5.74) is 11.2. The van der Waals surface area contributed by atoms with Gasteiger partial charge in [0.25, 0.3) is 0 Å². The molecular weight excluding hydrogens is 486 g/mol. The van der Waals surface area contributed by atoms with Crippen LogP contribution in [-0.2, 0) is 28.8 Å². The first-order chi connectivity index (χ1) is 16.4. The molecule has 0 aromatic heterocycles. The number of nitrogens with two attached hydrogens (primary N) is 2. The highest BCUT2D eigenvalue weighted by atomic mass is 32.2. The normalized spacial score (nSPS) is 14.1. The number of carbonyl (C=O) groups excluding carboxylic acids is 3. The second-order valence-electron chi connectivity index (χ2n) is 7.72. The fourth-order valence-electron chi connectivity index (χ4n) is 2.87. The lowest BCUT2D eigenvalue weighted by atomic mass is 10.1. The van der Waals surface area contributed by atoms with Crippen LogP contribution in [0.2, 0.25) is 0 Å². The quantitative estimate of drug-likeness (QED) is 0.0865. The van der Waals surface area contributed by atoms with Gasteiger partial charge in [0.05, 0.1) is 12.5 Å². The van der Waals surface area contributed by atoms with Gasteiger partial charge in [-0.15, -0.1) is 0 Å². The van der Waals surface area contributed by atoms with Crippen molar-refractivity contribution in [3.63, 3.8) is 0 Å². The van der Waals surface area contributed by atoms with Crippen LogP contribution in [0.25, 0.3) is 0 Å². The smallest absolute Gasteiger partial charge is 0.326 e. The Morgan fingerprint density at radius 2 is 1.31 bits per heavy atom. The molecule has 10 N–H and O–H groups in total. The average Bonchev–Trinajstić information content (AvgIpc) is 2.78. The number of rotatable bonds is 19. The fraction of sp³-hybridized carbons (Fsp3) is 0.700. The molecule has 14 nitrogen and oxygen atoms in total. The fourth-order valence-corrected chi connectivity index (χ4v) is 3.35. The number of carboxylic acid groups (broad SMARTS) is 3. The Bertz CT molecular complexity index is 752. The summed E-state index contributed by atoms with van der Waals surface area (Å²) in [5.74, 6) is -5.99. The Hall–Kier alpha value is -2.91. The van der Waals surface area contributed by atoms with Gasteiger partial charge in [0, 0.05) is 6.42 Å². The molecule has 0 heterocycles. The van der Waals surface area contributed by atoms with Crippen molar-refractivity contribution in [1.29, 1.82) is 0 Å². The second-order valence-corrected chi connectivity index (χ2v) is 8.71. The van der Waals surface area contributed by atoms with Gasteiger partial charge in [0.15, 0.2) is 0 Å². The predicted molar refractivity (Wildman–Crippen MR) is 126 cm³/mol. The number of amides is 3. The highest BCUT2D eigenvalue weighted by Crippen LogP contribution is 2.07. The summed E-state index contributed by atoms with van der Waals surface area (Å²) in [6, 6.07) is -5.16. The van der Waals surface area contributed by atoms with Crippen LogP contribution in [0.15, 0.2) is 0 Å². The SMILES string of the molecule is CSCCC(NC(=O)C(N)CCC(=O)O)C(=O)NC(CCCCN)C(=O)NC(CC(=O)O)C(=O)O. The summed E-state index contributed by atoms with van der Waals surface area (Å²) in [6.07, 6.45) is 1.66. The maximum atomic E-state index is 12.9. The van der Waals surface area contributed by atoms with E-state index in [0.717, 1.165) is 0 Å². The molecule has 0 spiro atoms. The molecule has 0 aliphatic rings. The van der Waals surface area contributed by atoms with E-state index in [1.807, 2.05) is 0 Å². The van der Waals surface area contributed by atoms with Crippen LogP contribution < -0.4 is 27.4 Å². The molecular formula is C20H35N5O9S. The van der Waals surface area contributed by atoms with Gasteiger partial charge in [0.1, 0.15) is 18.1 Å². The number of hydrogen-bond donors (Lipinski definition) is 8. The Labute approximate surface area is 206 Å². The Morgan fingerprint density at radius 3 is 1.80 bits per heavy atom. The zero-order valence-corrected chi connectivity index (χ0v) is 20.3. The molecule has 3 amide bonds. The summed E-state index contributed by atoms with van der Waals surface area (Å²) >= 11 is 1.40. The lowest BCUT2D eigenvalue weighted by molar-refractivity contribution is -0.147. The molecule has 0 saturated heterocycles. The van der Waals surface area contributed by atoms with Crippen LogP contribution in [0.4, 0.5) is 0 Å². The minimum Gasteiger partial charge on any atom is -0.481 e. The molecule has 0 radical (unpaired) electrons. The first kappa shape index (κ1) is 32.1. The summed E-state index contributed by atoms with van der Waals surface area (Å²) in [5, 5.41) is 33.9. The minimum absolute atomic E-state index is 0.0928. The average molecular weight is 522 g/mol. The van der Waals surface area contributed by atoms with Gasteiger partial charge in [-0.25, -0.2) is 4.79 Å². The van der Waals surface area contributed by atoms with Gasteiger partial charge >= 0.3 is 17.9 Å². The first-order valence-electron chi connectivity index (χ1n) is 10.9. The van der Waals surface area contributed by atoms with Gasteiger partial charge in [0.2, 0.25) is 17.7 Å². The van der Waals surface area contributed by atoms with Crippen molar-refractivity contribution in [2.24, 2.45) is 11.5 Å². The van der Waals surface area contributed by atoms with Crippen molar-refractivity contribution in [2.45, 2.75) is 69.1 Å². The van der Waals surface area contributed by atoms with Crippen molar-refractivity contribution in [3.8, 4) is 0 Å². The van der Waals surface area contributed by atoms with Gasteiger partial charge < -0.3 is 42.7 Å². The third-order valence-corrected chi connectivity index (χ3v) is 5.47. The lowest BCUT2D eigenvalue weighted by Crippen LogP contribution is -2.57. The van der Waals surface area contributed by atoms with Crippen molar-refractivity contribution >= 4 is 47.4 Å². The molecule has 0 rings (SSSR count). The number of unbranched alkanes of at least 4 members (excludes halogenated alkanes) is 1. The molecule has 4 atom stereocenters. The molecule has 0 bridgehead atoms. The Balaban J connectivity index is 5.47. The van der Waals surface area contributed by atoms with Gasteiger partial charge in [-0.2, -0.15) is 11.8 Å². The van der Waals surface area contributed by atoms with E-state index in [1.54, 1.807) is 6.26 Å². The molecule has 0 fully saturated rings. The zero-order valence-electron chi connectivity index (χ0n) is 19.5. The van der Waals surface area contributed by atoms with E-state index in [2.05, 4.69) is 16.0 Å². The van der Waals surface area contributed by atoms with Gasteiger partial charge in [-0.3, -0.25) is 24.0 Å². The molecule has 15 heteroatoms. The van der Waals surface area contributed by atoms with Crippen LogP contribution in [0.1, 0.15) is 44.9 Å². The maximum Gasteiger partial charge on any atom is 0.326 e. The summed E-state index contributed by atoms with van der Waals surface area (Å²) in [6.45, 7) is 0.319. The van der Waals surface area contributed by atoms with E-state index < -0.39 is 66.2 Å². The highest BCUT2D eigenvalue weighted by molar-refractivity contribution is 7.98. The number of aliphatic carboxylic acids is 3.